The van der Waals surface area contributed by atoms with Gasteiger partial charge in [-0.1, -0.05) is 6.92 Å². The zero-order valence-corrected chi connectivity index (χ0v) is 11.0. The first-order valence-corrected chi connectivity index (χ1v) is 6.79. The standard InChI is InChI=1S/C13H24N2O2/c1-3-13(7-4-8-14-13)12(16)15-9-5-11(17-2)6-10-15/h11,14H,3-10H2,1-2H3. The molecule has 0 saturated carbocycles. The number of carbonyl (C=O) groups excluding carboxylic acids is 1. The van der Waals surface area contributed by atoms with Crippen molar-refractivity contribution in [3.05, 3.63) is 0 Å². The van der Waals surface area contributed by atoms with Crippen LogP contribution in [0.3, 0.4) is 0 Å². The Balaban J connectivity index is 1.96. The third-order valence-electron chi connectivity index (χ3n) is 4.32. The monoisotopic (exact) mass is 240 g/mol. The molecule has 2 rings (SSSR count). The van der Waals surface area contributed by atoms with Crippen LogP contribution in [0.25, 0.3) is 0 Å². The van der Waals surface area contributed by atoms with Gasteiger partial charge in [0, 0.05) is 20.2 Å². The number of likely N-dealkylation sites (tertiary alicyclic amines) is 1. The lowest BCUT2D eigenvalue weighted by atomic mass is 9.91. The van der Waals surface area contributed by atoms with Crippen molar-refractivity contribution in [1.29, 1.82) is 0 Å². The van der Waals surface area contributed by atoms with E-state index < -0.39 is 0 Å². The smallest absolute Gasteiger partial charge is 0.242 e. The van der Waals surface area contributed by atoms with E-state index in [9.17, 15) is 4.79 Å². The van der Waals surface area contributed by atoms with Gasteiger partial charge in [0.15, 0.2) is 0 Å². The van der Waals surface area contributed by atoms with Crippen molar-refractivity contribution in [3.63, 3.8) is 0 Å². The van der Waals surface area contributed by atoms with Crippen LogP contribution in [0, 0.1) is 0 Å². The van der Waals surface area contributed by atoms with Crippen molar-refractivity contribution in [3.8, 4) is 0 Å². The maximum absolute atomic E-state index is 12.6. The molecule has 0 aromatic rings. The molecular weight excluding hydrogens is 216 g/mol. The van der Waals surface area contributed by atoms with E-state index in [1.54, 1.807) is 7.11 Å². The van der Waals surface area contributed by atoms with Gasteiger partial charge in [-0.2, -0.15) is 0 Å². The Bertz CT molecular complexity index is 267. The molecule has 2 fully saturated rings. The molecule has 1 N–H and O–H groups in total. The van der Waals surface area contributed by atoms with Crippen molar-refractivity contribution in [2.24, 2.45) is 0 Å². The van der Waals surface area contributed by atoms with Gasteiger partial charge in [0.05, 0.1) is 11.6 Å². The summed E-state index contributed by atoms with van der Waals surface area (Å²) in [6, 6.07) is 0. The normalized spacial score (nSPS) is 30.8. The molecule has 1 atom stereocenters. The fraction of sp³-hybridized carbons (Fsp3) is 0.923. The predicted octanol–water partition coefficient (Wildman–Crippen LogP) is 1.16. The van der Waals surface area contributed by atoms with Gasteiger partial charge in [-0.15, -0.1) is 0 Å². The summed E-state index contributed by atoms with van der Waals surface area (Å²) in [5.41, 5.74) is -0.264. The SMILES string of the molecule is CCC1(C(=O)N2CCC(OC)CC2)CCCN1. The van der Waals surface area contributed by atoms with E-state index in [1.165, 1.54) is 0 Å². The largest absolute Gasteiger partial charge is 0.381 e. The Labute approximate surface area is 104 Å². The molecule has 2 aliphatic heterocycles. The van der Waals surface area contributed by atoms with E-state index in [4.69, 9.17) is 4.74 Å². The number of ether oxygens (including phenoxy) is 1. The number of hydrogen-bond acceptors (Lipinski definition) is 3. The molecule has 4 nitrogen and oxygen atoms in total. The van der Waals surface area contributed by atoms with Gasteiger partial charge < -0.3 is 15.0 Å². The summed E-state index contributed by atoms with van der Waals surface area (Å²) < 4.78 is 5.34. The van der Waals surface area contributed by atoms with Crippen LogP contribution in [0.1, 0.15) is 39.0 Å². The van der Waals surface area contributed by atoms with E-state index >= 15 is 0 Å². The highest BCUT2D eigenvalue weighted by molar-refractivity contribution is 5.86. The third kappa shape index (κ3) is 2.47. The Kier molecular flexibility index (Phi) is 4.05. The Morgan fingerprint density at radius 3 is 2.65 bits per heavy atom. The number of nitrogens with one attached hydrogen (secondary N) is 1. The fourth-order valence-electron chi connectivity index (χ4n) is 3.04. The topological polar surface area (TPSA) is 41.6 Å². The lowest BCUT2D eigenvalue weighted by Crippen LogP contribution is -2.56. The second-order valence-electron chi connectivity index (χ2n) is 5.19. The second-order valence-corrected chi connectivity index (χ2v) is 5.19. The van der Waals surface area contributed by atoms with Gasteiger partial charge >= 0.3 is 0 Å². The molecule has 0 bridgehead atoms. The quantitative estimate of drug-likeness (QED) is 0.805. The first-order valence-electron chi connectivity index (χ1n) is 6.79. The molecule has 0 aromatic heterocycles. The van der Waals surface area contributed by atoms with Crippen LogP contribution in [0.4, 0.5) is 0 Å². The van der Waals surface area contributed by atoms with Crippen LogP contribution in [0.2, 0.25) is 0 Å². The molecule has 1 unspecified atom stereocenters. The summed E-state index contributed by atoms with van der Waals surface area (Å²) in [5, 5.41) is 3.42. The van der Waals surface area contributed by atoms with Crippen LogP contribution in [-0.4, -0.2) is 49.2 Å². The van der Waals surface area contributed by atoms with Crippen molar-refractivity contribution in [1.82, 2.24) is 10.2 Å². The molecule has 17 heavy (non-hydrogen) atoms. The number of nitrogens with zero attached hydrogens (tertiary/aromatic N) is 1. The minimum absolute atomic E-state index is 0.264. The number of methoxy groups -OCH3 is 1. The first-order chi connectivity index (χ1) is 8.22. The van der Waals surface area contributed by atoms with Gasteiger partial charge in [-0.25, -0.2) is 0 Å². The lowest BCUT2D eigenvalue weighted by Gasteiger charge is -2.37. The zero-order chi connectivity index (χ0) is 12.3. The van der Waals surface area contributed by atoms with E-state index in [0.717, 1.165) is 51.7 Å². The number of piperidine rings is 1. The van der Waals surface area contributed by atoms with Crippen molar-refractivity contribution < 1.29 is 9.53 Å². The molecule has 1 amide bonds. The molecule has 0 aliphatic carbocycles. The van der Waals surface area contributed by atoms with Gasteiger partial charge in [0.2, 0.25) is 5.91 Å². The Hall–Kier alpha value is -0.610. The molecule has 2 aliphatic rings. The van der Waals surface area contributed by atoms with Crippen LogP contribution < -0.4 is 5.32 Å². The summed E-state index contributed by atoms with van der Waals surface area (Å²) in [4.78, 5) is 14.6. The Morgan fingerprint density at radius 2 is 2.18 bits per heavy atom. The van der Waals surface area contributed by atoms with Crippen LogP contribution >= 0.6 is 0 Å². The van der Waals surface area contributed by atoms with Crippen LogP contribution in [0.5, 0.6) is 0 Å². The summed E-state index contributed by atoms with van der Waals surface area (Å²) in [5.74, 6) is 0.312. The highest BCUT2D eigenvalue weighted by Crippen LogP contribution is 2.27. The number of amides is 1. The van der Waals surface area contributed by atoms with Crippen LogP contribution in [-0.2, 0) is 9.53 Å². The van der Waals surface area contributed by atoms with E-state index in [2.05, 4.69) is 12.2 Å². The third-order valence-corrected chi connectivity index (χ3v) is 4.32. The summed E-state index contributed by atoms with van der Waals surface area (Å²) in [6.07, 6.45) is 5.30. The average molecular weight is 240 g/mol. The van der Waals surface area contributed by atoms with Crippen molar-refractivity contribution >= 4 is 5.91 Å². The maximum atomic E-state index is 12.6. The molecule has 0 aromatic carbocycles. The van der Waals surface area contributed by atoms with Crippen molar-refractivity contribution in [2.75, 3.05) is 26.7 Å². The lowest BCUT2D eigenvalue weighted by molar-refractivity contribution is -0.140. The summed E-state index contributed by atoms with van der Waals surface area (Å²) in [7, 11) is 1.76. The van der Waals surface area contributed by atoms with E-state index in [0.29, 0.717) is 12.0 Å². The summed E-state index contributed by atoms with van der Waals surface area (Å²) >= 11 is 0. The van der Waals surface area contributed by atoms with Gasteiger partial charge in [0.25, 0.3) is 0 Å². The van der Waals surface area contributed by atoms with E-state index in [1.807, 2.05) is 4.90 Å². The van der Waals surface area contributed by atoms with Gasteiger partial charge in [-0.3, -0.25) is 4.79 Å². The number of rotatable bonds is 3. The second kappa shape index (κ2) is 5.36. The molecular formula is C13H24N2O2. The predicted molar refractivity (Wildman–Crippen MR) is 66.9 cm³/mol. The Morgan fingerprint density at radius 1 is 1.47 bits per heavy atom. The maximum Gasteiger partial charge on any atom is 0.242 e. The number of carbonyl (C=O) groups is 1. The highest BCUT2D eigenvalue weighted by atomic mass is 16.5. The first kappa shape index (κ1) is 12.8. The average Bonchev–Trinajstić information content (AvgIpc) is 2.88. The fourth-order valence-corrected chi connectivity index (χ4v) is 3.04. The van der Waals surface area contributed by atoms with E-state index in [-0.39, 0.29) is 5.54 Å². The molecule has 4 heteroatoms. The van der Waals surface area contributed by atoms with Crippen molar-refractivity contribution in [2.45, 2.75) is 50.7 Å². The summed E-state index contributed by atoms with van der Waals surface area (Å²) in [6.45, 7) is 4.79. The molecule has 2 heterocycles. The molecule has 0 spiro atoms. The number of hydrogen-bond donors (Lipinski definition) is 1. The van der Waals surface area contributed by atoms with Gasteiger partial charge in [0.1, 0.15) is 0 Å². The molecule has 98 valence electrons. The molecule has 2 saturated heterocycles. The van der Waals surface area contributed by atoms with Gasteiger partial charge in [-0.05, 0) is 38.6 Å². The zero-order valence-electron chi connectivity index (χ0n) is 11.0. The highest BCUT2D eigenvalue weighted by Gasteiger charge is 2.42. The minimum Gasteiger partial charge on any atom is -0.381 e. The van der Waals surface area contributed by atoms with Crippen LogP contribution in [0.15, 0.2) is 0 Å². The minimum atomic E-state index is -0.264. The molecule has 0 radical (unpaired) electrons.